The number of nitrogens with one attached hydrogen (secondary N) is 1. The van der Waals surface area contributed by atoms with Crippen LogP contribution in [0.4, 0.5) is 0 Å². The van der Waals surface area contributed by atoms with Crippen molar-refractivity contribution < 1.29 is 14.3 Å². The van der Waals surface area contributed by atoms with Crippen molar-refractivity contribution in [3.05, 3.63) is 54.1 Å². The van der Waals surface area contributed by atoms with E-state index in [9.17, 15) is 4.79 Å². The molecule has 0 fully saturated rings. The summed E-state index contributed by atoms with van der Waals surface area (Å²) < 4.78 is 11.5. The molecule has 2 aromatic carbocycles. The fourth-order valence-electron chi connectivity index (χ4n) is 2.07. The van der Waals surface area contributed by atoms with E-state index in [4.69, 9.17) is 15.2 Å². The molecule has 0 spiro atoms. The first-order chi connectivity index (χ1) is 11.3. The van der Waals surface area contributed by atoms with E-state index in [1.165, 1.54) is 0 Å². The molecule has 0 heterocycles. The van der Waals surface area contributed by atoms with Crippen molar-refractivity contribution in [2.24, 2.45) is 5.73 Å². The average Bonchev–Trinajstić information content (AvgIpc) is 2.57. The third kappa shape index (κ3) is 4.72. The van der Waals surface area contributed by atoms with Gasteiger partial charge in [0.1, 0.15) is 5.75 Å². The molecule has 0 atom stereocenters. The quantitative estimate of drug-likeness (QED) is 0.735. The van der Waals surface area contributed by atoms with E-state index in [1.807, 2.05) is 37.3 Å². The lowest BCUT2D eigenvalue weighted by atomic mass is 10.2. The molecule has 0 bridgehead atoms. The largest absolute Gasteiger partial charge is 0.490 e. The number of carbonyl (C=O) groups excluding carboxylic acids is 1. The highest BCUT2D eigenvalue weighted by molar-refractivity contribution is 5.97. The van der Waals surface area contributed by atoms with Gasteiger partial charge in [-0.05, 0) is 44.2 Å². The van der Waals surface area contributed by atoms with Gasteiger partial charge < -0.3 is 20.5 Å². The van der Waals surface area contributed by atoms with Crippen LogP contribution in [-0.2, 0) is 0 Å². The van der Waals surface area contributed by atoms with Gasteiger partial charge in [-0.3, -0.25) is 4.79 Å². The molecule has 0 aliphatic rings. The molecule has 23 heavy (non-hydrogen) atoms. The molecule has 5 heteroatoms. The van der Waals surface area contributed by atoms with E-state index in [1.54, 1.807) is 18.2 Å². The monoisotopic (exact) mass is 314 g/mol. The number of hydrogen-bond acceptors (Lipinski definition) is 4. The molecule has 2 rings (SSSR count). The van der Waals surface area contributed by atoms with Gasteiger partial charge in [0.25, 0.3) is 5.91 Å². The molecule has 0 aliphatic carbocycles. The highest BCUT2D eigenvalue weighted by atomic mass is 16.5. The molecule has 2 aromatic rings. The highest BCUT2D eigenvalue weighted by Gasteiger charge is 2.14. The number of para-hydroxylation sites is 3. The van der Waals surface area contributed by atoms with Crippen LogP contribution in [0.2, 0.25) is 0 Å². The molecule has 3 N–H and O–H groups in total. The van der Waals surface area contributed by atoms with Crippen LogP contribution in [0.15, 0.2) is 48.5 Å². The van der Waals surface area contributed by atoms with Gasteiger partial charge >= 0.3 is 0 Å². The maximum Gasteiger partial charge on any atom is 0.255 e. The van der Waals surface area contributed by atoms with Gasteiger partial charge in [-0.15, -0.1) is 0 Å². The Kier molecular flexibility index (Phi) is 6.44. The number of ether oxygens (including phenoxy) is 2. The standard InChI is InChI=1S/C18H22N2O3/c1-2-22-16-10-5-6-11-17(16)23-15-9-4-3-8-14(15)18(21)20-13-7-12-19/h3-6,8-11H,2,7,12-13,19H2,1H3,(H,20,21). The number of benzene rings is 2. The van der Waals surface area contributed by atoms with Crippen LogP contribution in [0.1, 0.15) is 23.7 Å². The Bertz CT molecular complexity index is 644. The first-order valence-corrected chi connectivity index (χ1v) is 7.73. The summed E-state index contributed by atoms with van der Waals surface area (Å²) in [4.78, 5) is 12.3. The lowest BCUT2D eigenvalue weighted by Gasteiger charge is -2.14. The molecule has 0 unspecified atom stereocenters. The Morgan fingerprint density at radius 3 is 2.39 bits per heavy atom. The second-order valence-electron chi connectivity index (χ2n) is 4.88. The normalized spacial score (nSPS) is 10.2. The van der Waals surface area contributed by atoms with Crippen molar-refractivity contribution in [1.29, 1.82) is 0 Å². The molecular formula is C18H22N2O3. The fraction of sp³-hybridized carbons (Fsp3) is 0.278. The van der Waals surface area contributed by atoms with E-state index in [0.717, 1.165) is 6.42 Å². The smallest absolute Gasteiger partial charge is 0.255 e. The van der Waals surface area contributed by atoms with Crippen molar-refractivity contribution in [1.82, 2.24) is 5.32 Å². The van der Waals surface area contributed by atoms with E-state index in [0.29, 0.717) is 42.5 Å². The molecule has 0 aromatic heterocycles. The summed E-state index contributed by atoms with van der Waals surface area (Å²) in [5.41, 5.74) is 5.92. The van der Waals surface area contributed by atoms with Crippen molar-refractivity contribution in [3.8, 4) is 17.2 Å². The molecule has 0 aliphatic heterocycles. The first-order valence-electron chi connectivity index (χ1n) is 7.73. The van der Waals surface area contributed by atoms with Crippen LogP contribution in [0.3, 0.4) is 0 Å². The molecule has 122 valence electrons. The van der Waals surface area contributed by atoms with Crippen molar-refractivity contribution in [2.75, 3.05) is 19.7 Å². The zero-order valence-corrected chi connectivity index (χ0v) is 13.2. The molecule has 1 amide bonds. The number of nitrogens with two attached hydrogens (primary N) is 1. The highest BCUT2D eigenvalue weighted by Crippen LogP contribution is 2.32. The second kappa shape index (κ2) is 8.80. The third-order valence-electron chi connectivity index (χ3n) is 3.17. The van der Waals surface area contributed by atoms with Gasteiger partial charge in [-0.25, -0.2) is 0 Å². The van der Waals surface area contributed by atoms with Crippen LogP contribution in [-0.4, -0.2) is 25.6 Å². The summed E-state index contributed by atoms with van der Waals surface area (Å²) in [6.07, 6.45) is 0.738. The summed E-state index contributed by atoms with van der Waals surface area (Å²) in [5, 5.41) is 2.84. The number of hydrogen-bond donors (Lipinski definition) is 2. The van der Waals surface area contributed by atoms with Crippen LogP contribution in [0, 0.1) is 0 Å². The Morgan fingerprint density at radius 2 is 1.70 bits per heavy atom. The summed E-state index contributed by atoms with van der Waals surface area (Å²) >= 11 is 0. The van der Waals surface area contributed by atoms with E-state index in [2.05, 4.69) is 5.32 Å². The topological polar surface area (TPSA) is 73.6 Å². The second-order valence-corrected chi connectivity index (χ2v) is 4.88. The van der Waals surface area contributed by atoms with Crippen LogP contribution < -0.4 is 20.5 Å². The summed E-state index contributed by atoms with van der Waals surface area (Å²) in [6, 6.07) is 14.5. The zero-order chi connectivity index (χ0) is 16.5. The van der Waals surface area contributed by atoms with Gasteiger partial charge in [0.05, 0.1) is 12.2 Å². The summed E-state index contributed by atoms with van der Waals surface area (Å²) in [5.74, 6) is 1.54. The van der Waals surface area contributed by atoms with Gasteiger partial charge in [0.2, 0.25) is 0 Å². The first kappa shape index (κ1) is 16.8. The van der Waals surface area contributed by atoms with Crippen LogP contribution in [0.25, 0.3) is 0 Å². The van der Waals surface area contributed by atoms with Gasteiger partial charge in [-0.1, -0.05) is 24.3 Å². The van der Waals surface area contributed by atoms with Crippen molar-refractivity contribution in [3.63, 3.8) is 0 Å². The number of amides is 1. The van der Waals surface area contributed by atoms with E-state index < -0.39 is 0 Å². The average molecular weight is 314 g/mol. The minimum absolute atomic E-state index is 0.178. The maximum absolute atomic E-state index is 12.3. The minimum atomic E-state index is -0.178. The lowest BCUT2D eigenvalue weighted by Crippen LogP contribution is -2.26. The molecule has 0 radical (unpaired) electrons. The fourth-order valence-corrected chi connectivity index (χ4v) is 2.07. The maximum atomic E-state index is 12.3. The molecular weight excluding hydrogens is 292 g/mol. The number of carbonyl (C=O) groups is 1. The van der Waals surface area contributed by atoms with Gasteiger partial charge in [-0.2, -0.15) is 0 Å². The predicted molar refractivity (Wildman–Crippen MR) is 90.1 cm³/mol. The Morgan fingerprint density at radius 1 is 1.04 bits per heavy atom. The SMILES string of the molecule is CCOc1ccccc1Oc1ccccc1C(=O)NCCCN. The zero-order valence-electron chi connectivity index (χ0n) is 13.2. The van der Waals surface area contributed by atoms with Gasteiger partial charge in [0.15, 0.2) is 11.5 Å². The van der Waals surface area contributed by atoms with Crippen LogP contribution >= 0.6 is 0 Å². The molecule has 5 nitrogen and oxygen atoms in total. The summed E-state index contributed by atoms with van der Waals surface area (Å²) in [7, 11) is 0. The lowest BCUT2D eigenvalue weighted by molar-refractivity contribution is 0.0951. The predicted octanol–water partition coefficient (Wildman–Crippen LogP) is 2.96. The minimum Gasteiger partial charge on any atom is -0.490 e. The third-order valence-corrected chi connectivity index (χ3v) is 3.17. The molecule has 0 saturated carbocycles. The molecule has 0 saturated heterocycles. The number of rotatable bonds is 8. The van der Waals surface area contributed by atoms with Crippen molar-refractivity contribution in [2.45, 2.75) is 13.3 Å². The van der Waals surface area contributed by atoms with Crippen molar-refractivity contribution >= 4 is 5.91 Å². The Hall–Kier alpha value is -2.53. The van der Waals surface area contributed by atoms with Gasteiger partial charge in [0, 0.05) is 6.54 Å². The Labute approximate surface area is 136 Å². The Balaban J connectivity index is 2.19. The van der Waals surface area contributed by atoms with Crippen LogP contribution in [0.5, 0.6) is 17.2 Å². The van der Waals surface area contributed by atoms with E-state index >= 15 is 0 Å². The van der Waals surface area contributed by atoms with E-state index in [-0.39, 0.29) is 5.91 Å². The summed E-state index contributed by atoms with van der Waals surface area (Å²) in [6.45, 7) is 3.54.